The Hall–Kier alpha value is -3.81. The van der Waals surface area contributed by atoms with Gasteiger partial charge in [-0.05, 0) is 36.4 Å². The minimum Gasteiger partial charge on any atom is -0.496 e. The van der Waals surface area contributed by atoms with Crippen molar-refractivity contribution in [2.24, 2.45) is 0 Å². The summed E-state index contributed by atoms with van der Waals surface area (Å²) in [5.41, 5.74) is 4.55. The van der Waals surface area contributed by atoms with Crippen LogP contribution >= 0.6 is 22.9 Å². The molecule has 0 saturated heterocycles. The van der Waals surface area contributed by atoms with Gasteiger partial charge in [-0.15, -0.1) is 0 Å². The molecule has 0 saturated carbocycles. The summed E-state index contributed by atoms with van der Waals surface area (Å²) in [5.74, 6) is 0.392. The van der Waals surface area contributed by atoms with Crippen LogP contribution < -0.4 is 10.1 Å². The number of pyridine rings is 2. The van der Waals surface area contributed by atoms with Gasteiger partial charge in [0.25, 0.3) is 5.91 Å². The first-order valence-electron chi connectivity index (χ1n) is 10.0. The van der Waals surface area contributed by atoms with E-state index in [4.69, 9.17) is 16.3 Å². The molecule has 6 nitrogen and oxygen atoms in total. The van der Waals surface area contributed by atoms with Crippen LogP contribution in [0.15, 0.2) is 79.3 Å². The second kappa shape index (κ2) is 8.97. The summed E-state index contributed by atoms with van der Waals surface area (Å²) in [7, 11) is 1.61. The highest BCUT2D eigenvalue weighted by Gasteiger charge is 2.17. The number of aromatic nitrogens is 3. The lowest BCUT2D eigenvalue weighted by Gasteiger charge is -2.12. The number of amides is 1. The molecule has 1 amide bonds. The van der Waals surface area contributed by atoms with E-state index in [1.54, 1.807) is 37.8 Å². The van der Waals surface area contributed by atoms with Gasteiger partial charge in [0.2, 0.25) is 0 Å². The van der Waals surface area contributed by atoms with E-state index in [1.807, 2.05) is 48.5 Å². The SMILES string of the molecule is COc1ccccc1-c1ccncc1C(=O)Nc1nc2ccc(-c3ccc(Cl)cn3)cc2s1. The molecule has 0 atom stereocenters. The Bertz CT molecular complexity index is 1470. The van der Waals surface area contributed by atoms with E-state index in [-0.39, 0.29) is 5.91 Å². The third kappa shape index (κ3) is 4.28. The lowest BCUT2D eigenvalue weighted by atomic mass is 10.0. The summed E-state index contributed by atoms with van der Waals surface area (Å²) >= 11 is 7.34. The van der Waals surface area contributed by atoms with Crippen LogP contribution in [0.3, 0.4) is 0 Å². The summed E-state index contributed by atoms with van der Waals surface area (Å²) in [6, 6.07) is 18.9. The standard InChI is InChI=1S/C25H17ClN4O2S/c1-32-22-5-3-2-4-18(22)17-10-11-27-14-19(17)24(31)30-25-29-21-8-6-15(12-23(21)33-25)20-9-7-16(26)13-28-20/h2-14H,1H3,(H,29,30,31). The summed E-state index contributed by atoms with van der Waals surface area (Å²) in [6.45, 7) is 0. The number of hydrogen-bond acceptors (Lipinski definition) is 6. The van der Waals surface area contributed by atoms with Crippen LogP contribution in [-0.4, -0.2) is 28.0 Å². The Kier molecular flexibility index (Phi) is 5.73. The van der Waals surface area contributed by atoms with E-state index < -0.39 is 0 Å². The summed E-state index contributed by atoms with van der Waals surface area (Å²) < 4.78 is 6.41. The molecule has 0 bridgehead atoms. The molecule has 5 aromatic rings. The van der Waals surface area contributed by atoms with Gasteiger partial charge in [-0.3, -0.25) is 20.1 Å². The number of ether oxygens (including phenoxy) is 1. The molecule has 0 radical (unpaired) electrons. The highest BCUT2D eigenvalue weighted by molar-refractivity contribution is 7.22. The molecule has 33 heavy (non-hydrogen) atoms. The van der Waals surface area contributed by atoms with Crippen molar-refractivity contribution in [1.29, 1.82) is 0 Å². The molecule has 8 heteroatoms. The number of methoxy groups -OCH3 is 1. The molecular formula is C25H17ClN4O2S. The quantitative estimate of drug-likeness (QED) is 0.323. The topological polar surface area (TPSA) is 77.0 Å². The molecule has 0 spiro atoms. The van der Waals surface area contributed by atoms with Crippen molar-refractivity contribution in [3.05, 3.63) is 89.8 Å². The normalized spacial score (nSPS) is 10.8. The molecule has 3 aromatic heterocycles. The summed E-state index contributed by atoms with van der Waals surface area (Å²) in [6.07, 6.45) is 4.82. The fourth-order valence-electron chi connectivity index (χ4n) is 3.53. The minimum absolute atomic E-state index is 0.289. The molecular weight excluding hydrogens is 456 g/mol. The second-order valence-electron chi connectivity index (χ2n) is 7.14. The minimum atomic E-state index is -0.289. The molecule has 2 aromatic carbocycles. The smallest absolute Gasteiger partial charge is 0.259 e. The maximum absolute atomic E-state index is 13.2. The number of nitrogens with zero attached hydrogens (tertiary/aromatic N) is 3. The van der Waals surface area contributed by atoms with E-state index in [0.717, 1.165) is 32.6 Å². The largest absolute Gasteiger partial charge is 0.496 e. The summed E-state index contributed by atoms with van der Waals surface area (Å²) in [4.78, 5) is 26.2. The van der Waals surface area contributed by atoms with E-state index in [0.29, 0.717) is 21.5 Å². The van der Waals surface area contributed by atoms with Crippen LogP contribution in [-0.2, 0) is 0 Å². The van der Waals surface area contributed by atoms with Crippen molar-refractivity contribution in [3.63, 3.8) is 0 Å². The zero-order valence-corrected chi connectivity index (χ0v) is 19.0. The Morgan fingerprint density at radius 1 is 1.03 bits per heavy atom. The molecule has 1 N–H and O–H groups in total. The number of thiazole rings is 1. The monoisotopic (exact) mass is 472 g/mol. The number of anilines is 1. The van der Waals surface area contributed by atoms with E-state index in [1.165, 1.54) is 11.3 Å². The molecule has 5 rings (SSSR count). The average Bonchev–Trinajstić information content (AvgIpc) is 3.26. The van der Waals surface area contributed by atoms with Gasteiger partial charge in [-0.25, -0.2) is 4.98 Å². The van der Waals surface area contributed by atoms with Crippen molar-refractivity contribution in [3.8, 4) is 28.1 Å². The zero-order valence-electron chi connectivity index (χ0n) is 17.4. The van der Waals surface area contributed by atoms with Crippen molar-refractivity contribution in [2.45, 2.75) is 0 Å². The van der Waals surface area contributed by atoms with Gasteiger partial charge in [0.15, 0.2) is 5.13 Å². The van der Waals surface area contributed by atoms with Crippen LogP contribution in [0, 0.1) is 0 Å². The van der Waals surface area contributed by atoms with Gasteiger partial charge >= 0.3 is 0 Å². The number of halogens is 1. The molecule has 162 valence electrons. The number of benzene rings is 2. The predicted octanol–water partition coefficient (Wildman–Crippen LogP) is 6.33. The Morgan fingerprint density at radius 2 is 1.91 bits per heavy atom. The number of hydrogen-bond donors (Lipinski definition) is 1. The number of carbonyl (C=O) groups is 1. The third-order valence-corrected chi connectivity index (χ3v) is 6.25. The van der Waals surface area contributed by atoms with E-state index >= 15 is 0 Å². The highest BCUT2D eigenvalue weighted by Crippen LogP contribution is 2.33. The number of para-hydroxylation sites is 1. The van der Waals surface area contributed by atoms with Gasteiger partial charge in [0.1, 0.15) is 5.75 Å². The lowest BCUT2D eigenvalue weighted by Crippen LogP contribution is -2.13. The van der Waals surface area contributed by atoms with Crippen LogP contribution in [0.2, 0.25) is 5.02 Å². The van der Waals surface area contributed by atoms with Crippen molar-refractivity contribution >= 4 is 44.2 Å². The van der Waals surface area contributed by atoms with Gasteiger partial charge in [0, 0.05) is 35.3 Å². The van der Waals surface area contributed by atoms with Crippen LogP contribution in [0.1, 0.15) is 10.4 Å². The van der Waals surface area contributed by atoms with Gasteiger partial charge < -0.3 is 4.74 Å². The van der Waals surface area contributed by atoms with Gasteiger partial charge in [-0.1, -0.05) is 47.2 Å². The van der Waals surface area contributed by atoms with Crippen molar-refractivity contribution in [1.82, 2.24) is 15.0 Å². The maximum Gasteiger partial charge on any atom is 0.259 e. The van der Waals surface area contributed by atoms with Crippen molar-refractivity contribution in [2.75, 3.05) is 12.4 Å². The molecule has 0 unspecified atom stereocenters. The Balaban J connectivity index is 1.45. The van der Waals surface area contributed by atoms with E-state index in [2.05, 4.69) is 20.3 Å². The first kappa shape index (κ1) is 21.1. The fourth-order valence-corrected chi connectivity index (χ4v) is 4.54. The Labute approximate surface area is 198 Å². The average molecular weight is 473 g/mol. The van der Waals surface area contributed by atoms with Gasteiger partial charge in [-0.2, -0.15) is 0 Å². The molecule has 0 fully saturated rings. The first-order valence-corrected chi connectivity index (χ1v) is 11.2. The van der Waals surface area contributed by atoms with Crippen LogP contribution in [0.4, 0.5) is 5.13 Å². The number of fused-ring (bicyclic) bond motifs is 1. The second-order valence-corrected chi connectivity index (χ2v) is 8.61. The maximum atomic E-state index is 13.2. The number of nitrogens with one attached hydrogen (secondary N) is 1. The third-order valence-electron chi connectivity index (χ3n) is 5.09. The molecule has 0 aliphatic heterocycles. The number of carbonyl (C=O) groups excluding carboxylic acids is 1. The molecule has 0 aliphatic carbocycles. The summed E-state index contributed by atoms with van der Waals surface area (Å²) in [5, 5.41) is 4.01. The molecule has 3 heterocycles. The van der Waals surface area contributed by atoms with Crippen LogP contribution in [0.5, 0.6) is 5.75 Å². The van der Waals surface area contributed by atoms with Crippen LogP contribution in [0.25, 0.3) is 32.6 Å². The predicted molar refractivity (Wildman–Crippen MR) is 132 cm³/mol. The van der Waals surface area contributed by atoms with E-state index in [9.17, 15) is 4.79 Å². The van der Waals surface area contributed by atoms with Gasteiger partial charge in [0.05, 0.1) is 33.6 Å². The fraction of sp³-hybridized carbons (Fsp3) is 0.0400. The lowest BCUT2D eigenvalue weighted by molar-refractivity contribution is 0.102. The zero-order chi connectivity index (χ0) is 22.8. The van der Waals surface area contributed by atoms with Crippen molar-refractivity contribution < 1.29 is 9.53 Å². The number of rotatable bonds is 5. The first-order chi connectivity index (χ1) is 16.1. The Morgan fingerprint density at radius 3 is 2.73 bits per heavy atom. The molecule has 0 aliphatic rings. The highest BCUT2D eigenvalue weighted by atomic mass is 35.5.